The number of carbonyl (C=O) groups excluding carboxylic acids is 1. The number of rotatable bonds is 4. The van der Waals surface area contributed by atoms with Gasteiger partial charge in [0, 0.05) is 6.20 Å². The second-order valence-corrected chi connectivity index (χ2v) is 6.92. The summed E-state index contributed by atoms with van der Waals surface area (Å²) >= 11 is 1.04. The zero-order chi connectivity index (χ0) is 15.6. The van der Waals surface area contributed by atoms with E-state index in [0.717, 1.165) is 16.9 Å². The van der Waals surface area contributed by atoms with Gasteiger partial charge >= 0.3 is 5.97 Å². The van der Waals surface area contributed by atoms with Gasteiger partial charge in [-0.05, 0) is 36.4 Å². The van der Waals surface area contributed by atoms with Crippen molar-refractivity contribution in [2.75, 3.05) is 11.8 Å². The van der Waals surface area contributed by atoms with E-state index in [0.29, 0.717) is 11.3 Å². The van der Waals surface area contributed by atoms with Crippen molar-refractivity contribution in [3.63, 3.8) is 0 Å². The summed E-state index contributed by atoms with van der Waals surface area (Å²) in [7, 11) is -2.67. The van der Waals surface area contributed by atoms with E-state index in [1.54, 1.807) is 31.5 Å². The largest absolute Gasteiger partial charge is 0.465 e. The maximum absolute atomic E-state index is 12.5. The van der Waals surface area contributed by atoms with Crippen LogP contribution in [0.2, 0.25) is 0 Å². The van der Waals surface area contributed by atoms with E-state index in [4.69, 9.17) is 0 Å². The number of carbonyl (C=O) groups is 1. The van der Waals surface area contributed by atoms with Gasteiger partial charge in [0.1, 0.15) is 9.77 Å². The van der Waals surface area contributed by atoms with Crippen LogP contribution in [0.25, 0.3) is 0 Å². The Labute approximate surface area is 126 Å². The molecular formula is C13H14N2O4S2. The molecule has 0 aromatic carbocycles. The lowest BCUT2D eigenvalue weighted by Gasteiger charge is -2.09. The Morgan fingerprint density at radius 3 is 2.67 bits per heavy atom. The summed E-state index contributed by atoms with van der Waals surface area (Å²) in [5, 5.41) is 1.61. The van der Waals surface area contributed by atoms with Gasteiger partial charge < -0.3 is 4.74 Å². The van der Waals surface area contributed by atoms with E-state index in [2.05, 4.69) is 14.4 Å². The highest BCUT2D eigenvalue weighted by molar-refractivity contribution is 7.93. The fraction of sp³-hybridized carbons (Fsp3) is 0.231. The summed E-state index contributed by atoms with van der Waals surface area (Å²) in [4.78, 5) is 15.6. The number of aryl methyl sites for hydroxylation is 2. The summed E-state index contributed by atoms with van der Waals surface area (Å²) in [5.41, 5.74) is 1.66. The van der Waals surface area contributed by atoms with Gasteiger partial charge in [-0.25, -0.2) is 13.2 Å². The lowest BCUT2D eigenvalue weighted by atomic mass is 10.3. The van der Waals surface area contributed by atoms with Crippen molar-refractivity contribution in [1.29, 1.82) is 0 Å². The summed E-state index contributed by atoms with van der Waals surface area (Å²) in [6, 6.07) is 1.66. The second-order valence-electron chi connectivity index (χ2n) is 4.43. The van der Waals surface area contributed by atoms with Crippen LogP contribution in [0.1, 0.15) is 20.8 Å². The third-order valence-electron chi connectivity index (χ3n) is 2.68. The Morgan fingerprint density at radius 2 is 2.05 bits per heavy atom. The highest BCUT2D eigenvalue weighted by atomic mass is 32.2. The van der Waals surface area contributed by atoms with Crippen LogP contribution >= 0.6 is 11.3 Å². The molecule has 112 valence electrons. The monoisotopic (exact) mass is 326 g/mol. The lowest BCUT2D eigenvalue weighted by Crippen LogP contribution is -2.17. The molecule has 0 spiro atoms. The van der Waals surface area contributed by atoms with Gasteiger partial charge in [0.15, 0.2) is 0 Å². The van der Waals surface area contributed by atoms with Gasteiger partial charge in [-0.15, -0.1) is 11.3 Å². The van der Waals surface area contributed by atoms with Crippen LogP contribution in [0.4, 0.5) is 5.69 Å². The van der Waals surface area contributed by atoms with Gasteiger partial charge in [0.05, 0.1) is 19.0 Å². The molecule has 8 heteroatoms. The first-order valence-corrected chi connectivity index (χ1v) is 8.32. The van der Waals surface area contributed by atoms with Crippen LogP contribution < -0.4 is 4.72 Å². The van der Waals surface area contributed by atoms with E-state index in [1.165, 1.54) is 13.3 Å². The molecule has 0 saturated heterocycles. The summed E-state index contributed by atoms with van der Waals surface area (Å²) in [6.45, 7) is 3.44. The summed E-state index contributed by atoms with van der Waals surface area (Å²) in [5.74, 6) is -0.671. The van der Waals surface area contributed by atoms with E-state index in [-0.39, 0.29) is 9.77 Å². The van der Waals surface area contributed by atoms with Gasteiger partial charge in [-0.2, -0.15) is 0 Å². The zero-order valence-corrected chi connectivity index (χ0v) is 13.3. The third-order valence-corrected chi connectivity index (χ3v) is 5.46. The number of sulfonamides is 1. The molecule has 0 saturated carbocycles. The molecule has 0 atom stereocenters. The van der Waals surface area contributed by atoms with Crippen molar-refractivity contribution in [3.05, 3.63) is 39.8 Å². The fourth-order valence-corrected chi connectivity index (χ4v) is 4.56. The van der Waals surface area contributed by atoms with Crippen LogP contribution in [-0.4, -0.2) is 26.5 Å². The average Bonchev–Trinajstić information content (AvgIpc) is 2.80. The van der Waals surface area contributed by atoms with E-state index < -0.39 is 16.0 Å². The molecule has 0 aliphatic carbocycles. The normalized spacial score (nSPS) is 11.2. The molecule has 0 unspecified atom stereocenters. The number of esters is 1. The highest BCUT2D eigenvalue weighted by Gasteiger charge is 2.27. The predicted molar refractivity (Wildman–Crippen MR) is 80.2 cm³/mol. The van der Waals surface area contributed by atoms with Crippen LogP contribution in [-0.2, 0) is 14.8 Å². The number of hydrogen-bond donors (Lipinski definition) is 1. The quantitative estimate of drug-likeness (QED) is 0.872. The van der Waals surface area contributed by atoms with Gasteiger partial charge in [0.25, 0.3) is 10.0 Å². The zero-order valence-electron chi connectivity index (χ0n) is 11.7. The van der Waals surface area contributed by atoms with E-state index in [9.17, 15) is 13.2 Å². The minimum Gasteiger partial charge on any atom is -0.465 e. The van der Waals surface area contributed by atoms with Crippen molar-refractivity contribution in [1.82, 2.24) is 4.98 Å². The Bertz CT molecular complexity index is 781. The Kier molecular flexibility index (Phi) is 4.29. The SMILES string of the molecule is COC(=O)c1scc(C)c1S(=O)(=O)Nc1cncc(C)c1. The Balaban J connectivity index is 2.45. The highest BCUT2D eigenvalue weighted by Crippen LogP contribution is 2.29. The first-order valence-electron chi connectivity index (χ1n) is 5.96. The molecule has 0 bridgehead atoms. The third kappa shape index (κ3) is 3.22. The predicted octanol–water partition coefficient (Wildman–Crippen LogP) is 2.35. The molecular weight excluding hydrogens is 312 g/mol. The van der Waals surface area contributed by atoms with E-state index in [1.807, 2.05) is 0 Å². The molecule has 0 aliphatic rings. The number of thiophene rings is 1. The van der Waals surface area contributed by atoms with Crippen molar-refractivity contribution in [3.8, 4) is 0 Å². The van der Waals surface area contributed by atoms with Crippen molar-refractivity contribution in [2.24, 2.45) is 0 Å². The number of ether oxygens (including phenoxy) is 1. The first kappa shape index (κ1) is 15.5. The Morgan fingerprint density at radius 1 is 1.33 bits per heavy atom. The number of aromatic nitrogens is 1. The molecule has 1 N–H and O–H groups in total. The summed E-state index contributed by atoms with van der Waals surface area (Å²) < 4.78 is 32.0. The molecule has 0 radical (unpaired) electrons. The van der Waals surface area contributed by atoms with Gasteiger partial charge in [-0.1, -0.05) is 0 Å². The number of nitrogens with one attached hydrogen (secondary N) is 1. The number of hydrogen-bond acceptors (Lipinski definition) is 6. The summed E-state index contributed by atoms with van der Waals surface area (Å²) in [6.07, 6.45) is 3.03. The second kappa shape index (κ2) is 5.82. The molecule has 2 heterocycles. The first-order chi connectivity index (χ1) is 9.85. The van der Waals surface area contributed by atoms with Gasteiger partial charge in [0.2, 0.25) is 0 Å². The van der Waals surface area contributed by atoms with Gasteiger partial charge in [-0.3, -0.25) is 9.71 Å². The molecule has 0 amide bonds. The van der Waals surface area contributed by atoms with Crippen LogP contribution in [0, 0.1) is 13.8 Å². The molecule has 0 aliphatic heterocycles. The van der Waals surface area contributed by atoms with Crippen LogP contribution in [0.3, 0.4) is 0 Å². The molecule has 2 aromatic heterocycles. The van der Waals surface area contributed by atoms with Crippen LogP contribution in [0.5, 0.6) is 0 Å². The van der Waals surface area contributed by atoms with Crippen molar-refractivity contribution >= 4 is 33.0 Å². The maximum Gasteiger partial charge on any atom is 0.349 e. The number of methoxy groups -OCH3 is 1. The van der Waals surface area contributed by atoms with Crippen molar-refractivity contribution < 1.29 is 17.9 Å². The minimum absolute atomic E-state index is 0.0548. The Hall–Kier alpha value is -1.93. The number of anilines is 1. The average molecular weight is 326 g/mol. The molecule has 6 nitrogen and oxygen atoms in total. The minimum atomic E-state index is -3.88. The molecule has 0 fully saturated rings. The molecule has 2 aromatic rings. The standard InChI is InChI=1S/C13H14N2O4S2/c1-8-4-10(6-14-5-8)15-21(17,18)12-9(2)7-20-11(12)13(16)19-3/h4-7,15H,1-3H3. The maximum atomic E-state index is 12.5. The topological polar surface area (TPSA) is 85.4 Å². The fourth-order valence-electron chi connectivity index (χ4n) is 1.82. The van der Waals surface area contributed by atoms with Crippen LogP contribution in [0.15, 0.2) is 28.7 Å². The van der Waals surface area contributed by atoms with E-state index >= 15 is 0 Å². The smallest absolute Gasteiger partial charge is 0.349 e. The number of nitrogens with zero attached hydrogens (tertiary/aromatic N) is 1. The molecule has 2 rings (SSSR count). The molecule has 21 heavy (non-hydrogen) atoms. The lowest BCUT2D eigenvalue weighted by molar-refractivity contribution is 0.0602. The number of pyridine rings is 1. The van der Waals surface area contributed by atoms with Crippen molar-refractivity contribution in [2.45, 2.75) is 18.7 Å².